The second kappa shape index (κ2) is 6.95. The van der Waals surface area contributed by atoms with Crippen LogP contribution >= 0.6 is 0 Å². The van der Waals surface area contributed by atoms with Crippen LogP contribution in [0.2, 0.25) is 0 Å². The molecule has 7 heteroatoms. The molecule has 1 aliphatic rings. The number of hydrogen-bond acceptors (Lipinski definition) is 5. The lowest BCUT2D eigenvalue weighted by Gasteiger charge is -2.32. The molecule has 1 atom stereocenters. The summed E-state index contributed by atoms with van der Waals surface area (Å²) in [6, 6.07) is 4.98. The third-order valence-electron chi connectivity index (χ3n) is 3.87. The van der Waals surface area contributed by atoms with Crippen LogP contribution in [0, 0.1) is 6.92 Å². The number of rotatable bonds is 5. The Morgan fingerprint density at radius 1 is 1.45 bits per heavy atom. The van der Waals surface area contributed by atoms with Gasteiger partial charge in [-0.05, 0) is 37.7 Å². The van der Waals surface area contributed by atoms with E-state index >= 15 is 0 Å². The predicted octanol–water partition coefficient (Wildman–Crippen LogP) is 0.955. The summed E-state index contributed by atoms with van der Waals surface area (Å²) in [5, 5.41) is 0. The number of ether oxygens (including phenoxy) is 2. The highest BCUT2D eigenvalue weighted by atomic mass is 32.2. The van der Waals surface area contributed by atoms with Gasteiger partial charge in [0.25, 0.3) is 0 Å². The lowest BCUT2D eigenvalue weighted by molar-refractivity contribution is -0.0247. The van der Waals surface area contributed by atoms with Crippen molar-refractivity contribution in [2.24, 2.45) is 0 Å². The first-order valence-corrected chi connectivity index (χ1v) is 8.69. The summed E-state index contributed by atoms with van der Waals surface area (Å²) in [5.41, 5.74) is 0.674. The Morgan fingerprint density at radius 2 is 2.18 bits per heavy atom. The van der Waals surface area contributed by atoms with E-state index in [4.69, 9.17) is 9.47 Å². The number of methoxy groups -OCH3 is 1. The first-order chi connectivity index (χ1) is 10.3. The van der Waals surface area contributed by atoms with Gasteiger partial charge in [-0.2, -0.15) is 4.31 Å². The Kier molecular flexibility index (Phi) is 5.44. The Labute approximate surface area is 132 Å². The summed E-state index contributed by atoms with van der Waals surface area (Å²) in [6.45, 7) is 4.37. The highest BCUT2D eigenvalue weighted by Crippen LogP contribution is 2.23. The summed E-state index contributed by atoms with van der Waals surface area (Å²) in [5.74, 6) is 0.649. The molecule has 1 aliphatic heterocycles. The highest BCUT2D eigenvalue weighted by Gasteiger charge is 2.27. The Bertz CT molecular complexity index is 618. The molecule has 0 aromatic heterocycles. The topological polar surface area (TPSA) is 59.1 Å². The predicted molar refractivity (Wildman–Crippen MR) is 84.8 cm³/mol. The van der Waals surface area contributed by atoms with Crippen LogP contribution in [-0.4, -0.2) is 71.2 Å². The van der Waals surface area contributed by atoms with Crippen LogP contribution in [0.3, 0.4) is 0 Å². The van der Waals surface area contributed by atoms with E-state index < -0.39 is 10.0 Å². The second-order valence-corrected chi connectivity index (χ2v) is 7.69. The molecule has 6 nitrogen and oxygen atoms in total. The van der Waals surface area contributed by atoms with E-state index in [2.05, 4.69) is 4.90 Å². The number of benzene rings is 1. The monoisotopic (exact) mass is 328 g/mol. The van der Waals surface area contributed by atoms with Crippen molar-refractivity contribution in [3.8, 4) is 5.75 Å². The zero-order chi connectivity index (χ0) is 16.3. The molecule has 1 heterocycles. The molecule has 0 amide bonds. The maximum absolute atomic E-state index is 12.7. The maximum atomic E-state index is 12.7. The maximum Gasteiger partial charge on any atom is 0.243 e. The van der Waals surface area contributed by atoms with Gasteiger partial charge in [-0.15, -0.1) is 0 Å². The van der Waals surface area contributed by atoms with Gasteiger partial charge in [0.2, 0.25) is 10.0 Å². The van der Waals surface area contributed by atoms with Crippen molar-refractivity contribution in [1.82, 2.24) is 9.21 Å². The smallest absolute Gasteiger partial charge is 0.243 e. The van der Waals surface area contributed by atoms with Gasteiger partial charge in [0.05, 0.1) is 24.7 Å². The average Bonchev–Trinajstić information content (AvgIpc) is 2.46. The van der Waals surface area contributed by atoms with Gasteiger partial charge in [0, 0.05) is 26.7 Å². The van der Waals surface area contributed by atoms with E-state index in [9.17, 15) is 8.42 Å². The summed E-state index contributed by atoms with van der Waals surface area (Å²) in [7, 11) is 1.64. The highest BCUT2D eigenvalue weighted by molar-refractivity contribution is 7.89. The molecule has 2 rings (SSSR count). The third kappa shape index (κ3) is 3.78. The number of morpholine rings is 1. The first-order valence-electron chi connectivity index (χ1n) is 7.25. The number of sulfonamides is 1. The van der Waals surface area contributed by atoms with Crippen molar-refractivity contribution >= 4 is 10.0 Å². The molecule has 1 unspecified atom stereocenters. The fourth-order valence-corrected chi connectivity index (χ4v) is 3.97. The zero-order valence-corrected chi connectivity index (χ0v) is 14.4. The lowest BCUT2D eigenvalue weighted by Crippen LogP contribution is -2.46. The van der Waals surface area contributed by atoms with E-state index in [1.807, 2.05) is 7.05 Å². The summed E-state index contributed by atoms with van der Waals surface area (Å²) in [4.78, 5) is 2.45. The minimum atomic E-state index is -3.53. The average molecular weight is 328 g/mol. The molecule has 0 aliphatic carbocycles. The van der Waals surface area contributed by atoms with E-state index in [0.29, 0.717) is 29.4 Å². The van der Waals surface area contributed by atoms with Gasteiger partial charge in [0.1, 0.15) is 5.75 Å². The zero-order valence-electron chi connectivity index (χ0n) is 13.6. The van der Waals surface area contributed by atoms with Crippen molar-refractivity contribution in [3.05, 3.63) is 23.8 Å². The minimum Gasteiger partial charge on any atom is -0.497 e. The standard InChI is InChI=1S/C15H24N2O4S/c1-12-9-13(20-4)5-6-15(12)22(18,19)17(3)11-14-10-16(2)7-8-21-14/h5-6,9,14H,7-8,10-11H2,1-4H3. The van der Waals surface area contributed by atoms with E-state index in [-0.39, 0.29) is 6.10 Å². The summed E-state index contributed by atoms with van der Waals surface area (Å²) in [6.07, 6.45) is -0.0999. The van der Waals surface area contributed by atoms with Crippen LogP contribution in [0.1, 0.15) is 5.56 Å². The van der Waals surface area contributed by atoms with Gasteiger partial charge in [0.15, 0.2) is 0 Å². The van der Waals surface area contributed by atoms with Gasteiger partial charge >= 0.3 is 0 Å². The molecule has 0 saturated carbocycles. The van der Waals surface area contributed by atoms with Gasteiger partial charge in [-0.1, -0.05) is 0 Å². The Hall–Kier alpha value is -1.15. The van der Waals surface area contributed by atoms with Crippen LogP contribution in [0.25, 0.3) is 0 Å². The number of hydrogen-bond donors (Lipinski definition) is 0. The molecular weight excluding hydrogens is 304 g/mol. The molecule has 0 radical (unpaired) electrons. The van der Waals surface area contributed by atoms with Crippen LogP contribution in [0.5, 0.6) is 5.75 Å². The molecule has 0 N–H and O–H groups in total. The normalized spacial score (nSPS) is 20.3. The quantitative estimate of drug-likeness (QED) is 0.806. The van der Waals surface area contributed by atoms with Gasteiger partial charge in [-0.25, -0.2) is 8.42 Å². The van der Waals surface area contributed by atoms with Crippen LogP contribution in [0.15, 0.2) is 23.1 Å². The number of aryl methyl sites for hydroxylation is 1. The summed E-state index contributed by atoms with van der Waals surface area (Å²) < 4.78 is 37.6. The number of likely N-dealkylation sites (N-methyl/N-ethyl adjacent to an activating group) is 2. The van der Waals surface area contributed by atoms with E-state index in [1.54, 1.807) is 39.3 Å². The third-order valence-corrected chi connectivity index (χ3v) is 5.86. The van der Waals surface area contributed by atoms with Crippen LogP contribution < -0.4 is 4.74 Å². The van der Waals surface area contributed by atoms with E-state index in [0.717, 1.165) is 13.1 Å². The molecule has 1 aromatic rings. The van der Waals surface area contributed by atoms with E-state index in [1.165, 1.54) is 4.31 Å². The van der Waals surface area contributed by atoms with Crippen molar-refractivity contribution in [2.45, 2.75) is 17.9 Å². The molecule has 124 valence electrons. The largest absolute Gasteiger partial charge is 0.497 e. The fourth-order valence-electron chi connectivity index (χ4n) is 2.57. The van der Waals surface area contributed by atoms with Crippen molar-refractivity contribution in [2.75, 3.05) is 47.4 Å². The van der Waals surface area contributed by atoms with Gasteiger partial charge < -0.3 is 14.4 Å². The first kappa shape index (κ1) is 17.2. The van der Waals surface area contributed by atoms with Crippen molar-refractivity contribution < 1.29 is 17.9 Å². The second-order valence-electron chi connectivity index (χ2n) is 5.67. The fraction of sp³-hybridized carbons (Fsp3) is 0.600. The SMILES string of the molecule is COc1ccc(S(=O)(=O)N(C)CC2CN(C)CCO2)c(C)c1. The van der Waals surface area contributed by atoms with Crippen LogP contribution in [0.4, 0.5) is 0 Å². The summed E-state index contributed by atoms with van der Waals surface area (Å²) >= 11 is 0. The van der Waals surface area contributed by atoms with Crippen molar-refractivity contribution in [1.29, 1.82) is 0 Å². The molecule has 1 aromatic carbocycles. The van der Waals surface area contributed by atoms with Crippen LogP contribution in [-0.2, 0) is 14.8 Å². The molecule has 1 saturated heterocycles. The Balaban J connectivity index is 2.15. The molecule has 1 fully saturated rings. The molecule has 0 bridgehead atoms. The lowest BCUT2D eigenvalue weighted by atomic mass is 10.2. The molecule has 22 heavy (non-hydrogen) atoms. The van der Waals surface area contributed by atoms with Crippen molar-refractivity contribution in [3.63, 3.8) is 0 Å². The minimum absolute atomic E-state index is 0.0999. The van der Waals surface area contributed by atoms with Gasteiger partial charge in [-0.3, -0.25) is 0 Å². The molecule has 0 spiro atoms. The molecular formula is C15H24N2O4S. The number of nitrogens with zero attached hydrogens (tertiary/aromatic N) is 2. The Morgan fingerprint density at radius 3 is 2.77 bits per heavy atom.